The van der Waals surface area contributed by atoms with E-state index in [-0.39, 0.29) is 0 Å². The number of nitrogens with one attached hydrogen (secondary N) is 1. The highest BCUT2D eigenvalue weighted by Crippen LogP contribution is 2.20. The lowest BCUT2D eigenvalue weighted by atomic mass is 9.93. The van der Waals surface area contributed by atoms with Gasteiger partial charge in [-0.3, -0.25) is 0 Å². The normalized spacial score (nSPS) is 25.4. The zero-order valence-corrected chi connectivity index (χ0v) is 9.18. The minimum atomic E-state index is 0.687. The fourth-order valence-electron chi connectivity index (χ4n) is 2.07. The highest BCUT2D eigenvalue weighted by Gasteiger charge is 2.20. The van der Waals surface area contributed by atoms with Crippen LogP contribution in [0, 0.1) is 11.8 Å². The van der Waals surface area contributed by atoms with Crippen molar-refractivity contribution in [2.24, 2.45) is 11.8 Å². The van der Waals surface area contributed by atoms with Gasteiger partial charge in [-0.25, -0.2) is 0 Å². The van der Waals surface area contributed by atoms with Gasteiger partial charge in [-0.05, 0) is 38.1 Å². The van der Waals surface area contributed by atoms with Gasteiger partial charge in [0.15, 0.2) is 0 Å². The summed E-state index contributed by atoms with van der Waals surface area (Å²) in [7, 11) is 2.07. The Labute approximate surface area is 82.0 Å². The summed E-state index contributed by atoms with van der Waals surface area (Å²) in [6.45, 7) is 6.53. The molecule has 0 aromatic heterocycles. The van der Waals surface area contributed by atoms with Crippen molar-refractivity contribution in [3.63, 3.8) is 0 Å². The molecule has 1 N–H and O–H groups in total. The molecule has 1 aliphatic rings. The second-order valence-electron chi connectivity index (χ2n) is 4.58. The molecule has 2 nitrogen and oxygen atoms in total. The van der Waals surface area contributed by atoms with Crippen LogP contribution in [0.5, 0.6) is 0 Å². The summed E-state index contributed by atoms with van der Waals surface area (Å²) in [5.74, 6) is 1.59. The summed E-state index contributed by atoms with van der Waals surface area (Å²) in [6.07, 6.45) is 3.83. The molecule has 13 heavy (non-hydrogen) atoms. The lowest BCUT2D eigenvalue weighted by molar-refractivity contribution is 0.180. The predicted molar refractivity (Wildman–Crippen MR) is 55.8 cm³/mol. The van der Waals surface area contributed by atoms with Crippen LogP contribution in [0.4, 0.5) is 0 Å². The van der Waals surface area contributed by atoms with Gasteiger partial charge in [-0.2, -0.15) is 0 Å². The number of hydrogen-bond donors (Lipinski definition) is 1. The van der Waals surface area contributed by atoms with Gasteiger partial charge in [-0.15, -0.1) is 0 Å². The summed E-state index contributed by atoms with van der Waals surface area (Å²) in [6, 6.07) is 0.687. The third-order valence-electron chi connectivity index (χ3n) is 2.81. The van der Waals surface area contributed by atoms with Gasteiger partial charge in [0.1, 0.15) is 0 Å². The summed E-state index contributed by atoms with van der Waals surface area (Å²) >= 11 is 0. The van der Waals surface area contributed by atoms with Crippen LogP contribution in [-0.2, 0) is 4.74 Å². The molecular formula is C11H23NO. The first-order valence-electron chi connectivity index (χ1n) is 5.47. The van der Waals surface area contributed by atoms with Gasteiger partial charge >= 0.3 is 0 Å². The fraction of sp³-hybridized carbons (Fsp3) is 1.00. The molecule has 1 aliphatic heterocycles. The van der Waals surface area contributed by atoms with Gasteiger partial charge in [0.2, 0.25) is 0 Å². The molecule has 1 rings (SSSR count). The van der Waals surface area contributed by atoms with E-state index in [1.807, 2.05) is 0 Å². The number of hydrogen-bond acceptors (Lipinski definition) is 2. The van der Waals surface area contributed by atoms with Crippen LogP contribution in [0.2, 0.25) is 0 Å². The van der Waals surface area contributed by atoms with Crippen LogP contribution in [0.15, 0.2) is 0 Å². The van der Waals surface area contributed by atoms with E-state index in [0.717, 1.165) is 25.0 Å². The maximum absolute atomic E-state index is 5.38. The first-order chi connectivity index (χ1) is 6.22. The van der Waals surface area contributed by atoms with Crippen LogP contribution in [0.1, 0.15) is 33.1 Å². The van der Waals surface area contributed by atoms with E-state index in [1.165, 1.54) is 19.3 Å². The summed E-state index contributed by atoms with van der Waals surface area (Å²) in [5, 5.41) is 3.40. The predicted octanol–water partition coefficient (Wildman–Crippen LogP) is 2.05. The van der Waals surface area contributed by atoms with Crippen molar-refractivity contribution in [2.75, 3.05) is 20.3 Å². The molecule has 2 unspecified atom stereocenters. The van der Waals surface area contributed by atoms with Crippen LogP contribution < -0.4 is 5.32 Å². The Morgan fingerprint density at radius 1 is 1.46 bits per heavy atom. The van der Waals surface area contributed by atoms with Crippen molar-refractivity contribution in [1.29, 1.82) is 0 Å². The SMILES string of the molecule is CNC(CC(C)C)CC1CCOC1. The molecule has 0 aromatic rings. The molecule has 0 spiro atoms. The molecule has 2 atom stereocenters. The Hall–Kier alpha value is -0.0800. The summed E-state index contributed by atoms with van der Waals surface area (Å²) in [4.78, 5) is 0. The Balaban J connectivity index is 2.21. The Kier molecular flexibility index (Phi) is 4.74. The largest absolute Gasteiger partial charge is 0.381 e. The quantitative estimate of drug-likeness (QED) is 0.708. The van der Waals surface area contributed by atoms with Crippen LogP contribution in [0.25, 0.3) is 0 Å². The zero-order valence-electron chi connectivity index (χ0n) is 9.18. The Morgan fingerprint density at radius 3 is 2.69 bits per heavy atom. The molecular weight excluding hydrogens is 162 g/mol. The second-order valence-corrected chi connectivity index (χ2v) is 4.58. The minimum Gasteiger partial charge on any atom is -0.381 e. The fourth-order valence-corrected chi connectivity index (χ4v) is 2.07. The van der Waals surface area contributed by atoms with Crippen LogP contribution in [0.3, 0.4) is 0 Å². The average molecular weight is 185 g/mol. The Bertz CT molecular complexity index is 130. The highest BCUT2D eigenvalue weighted by atomic mass is 16.5. The van der Waals surface area contributed by atoms with E-state index in [1.54, 1.807) is 0 Å². The monoisotopic (exact) mass is 185 g/mol. The lowest BCUT2D eigenvalue weighted by Gasteiger charge is -2.20. The van der Waals surface area contributed by atoms with E-state index in [2.05, 4.69) is 26.2 Å². The molecule has 0 bridgehead atoms. The minimum absolute atomic E-state index is 0.687. The van der Waals surface area contributed by atoms with E-state index in [4.69, 9.17) is 4.74 Å². The summed E-state index contributed by atoms with van der Waals surface area (Å²) < 4.78 is 5.38. The third-order valence-corrected chi connectivity index (χ3v) is 2.81. The molecule has 0 aromatic carbocycles. The molecule has 0 aliphatic carbocycles. The first kappa shape index (κ1) is 11.0. The molecule has 0 amide bonds. The molecule has 78 valence electrons. The van der Waals surface area contributed by atoms with Crippen molar-refractivity contribution in [2.45, 2.75) is 39.2 Å². The van der Waals surface area contributed by atoms with Gasteiger partial charge < -0.3 is 10.1 Å². The first-order valence-corrected chi connectivity index (χ1v) is 5.47. The van der Waals surface area contributed by atoms with Gasteiger partial charge in [0.25, 0.3) is 0 Å². The molecule has 0 radical (unpaired) electrons. The van der Waals surface area contributed by atoms with Gasteiger partial charge in [-0.1, -0.05) is 13.8 Å². The molecule has 1 fully saturated rings. The summed E-state index contributed by atoms with van der Waals surface area (Å²) in [5.41, 5.74) is 0. The van der Waals surface area contributed by atoms with Crippen molar-refractivity contribution in [3.8, 4) is 0 Å². The zero-order chi connectivity index (χ0) is 9.68. The third kappa shape index (κ3) is 4.10. The van der Waals surface area contributed by atoms with Crippen LogP contribution >= 0.6 is 0 Å². The molecule has 1 heterocycles. The van der Waals surface area contributed by atoms with Crippen molar-refractivity contribution in [3.05, 3.63) is 0 Å². The lowest BCUT2D eigenvalue weighted by Crippen LogP contribution is -2.29. The van der Waals surface area contributed by atoms with E-state index < -0.39 is 0 Å². The molecule has 0 saturated carbocycles. The second kappa shape index (κ2) is 5.61. The van der Waals surface area contributed by atoms with Gasteiger partial charge in [0.05, 0.1) is 0 Å². The smallest absolute Gasteiger partial charge is 0.0495 e. The van der Waals surface area contributed by atoms with Crippen molar-refractivity contribution < 1.29 is 4.74 Å². The van der Waals surface area contributed by atoms with E-state index in [0.29, 0.717) is 6.04 Å². The maximum atomic E-state index is 5.38. The number of rotatable bonds is 5. The highest BCUT2D eigenvalue weighted by molar-refractivity contribution is 4.74. The standard InChI is InChI=1S/C11H23NO/c1-9(2)6-11(12-3)7-10-4-5-13-8-10/h9-12H,4-8H2,1-3H3. The maximum Gasteiger partial charge on any atom is 0.0495 e. The van der Waals surface area contributed by atoms with Crippen LogP contribution in [-0.4, -0.2) is 26.3 Å². The number of ether oxygens (including phenoxy) is 1. The molecule has 1 saturated heterocycles. The topological polar surface area (TPSA) is 21.3 Å². The Morgan fingerprint density at radius 2 is 2.23 bits per heavy atom. The van der Waals surface area contributed by atoms with Crippen molar-refractivity contribution in [1.82, 2.24) is 5.32 Å². The average Bonchev–Trinajstić information content (AvgIpc) is 2.55. The van der Waals surface area contributed by atoms with E-state index in [9.17, 15) is 0 Å². The van der Waals surface area contributed by atoms with Gasteiger partial charge in [0, 0.05) is 19.3 Å². The van der Waals surface area contributed by atoms with E-state index >= 15 is 0 Å². The molecule has 2 heteroatoms. The van der Waals surface area contributed by atoms with Crippen molar-refractivity contribution >= 4 is 0 Å².